The zero-order chi connectivity index (χ0) is 15.8. The summed E-state index contributed by atoms with van der Waals surface area (Å²) in [6.07, 6.45) is 1.96. The van der Waals surface area contributed by atoms with Gasteiger partial charge in [0.05, 0.1) is 9.82 Å². The molecule has 9 heteroatoms. The maximum atomic E-state index is 12.4. The highest BCUT2D eigenvalue weighted by molar-refractivity contribution is 7.89. The van der Waals surface area contributed by atoms with Gasteiger partial charge in [-0.3, -0.25) is 16.0 Å². The number of hydrogen-bond acceptors (Lipinski definition) is 6. The summed E-state index contributed by atoms with van der Waals surface area (Å²) in [6.45, 7) is 3.62. The summed E-state index contributed by atoms with van der Waals surface area (Å²) >= 11 is 0. The minimum atomic E-state index is -3.83. The molecule has 1 fully saturated rings. The first-order valence-electron chi connectivity index (χ1n) is 6.46. The molecule has 4 N–H and O–H groups in total. The van der Waals surface area contributed by atoms with Gasteiger partial charge in [-0.25, -0.2) is 13.1 Å². The van der Waals surface area contributed by atoms with Crippen LogP contribution in [0.2, 0.25) is 0 Å². The smallest absolute Gasteiger partial charge is 0.294 e. The minimum absolute atomic E-state index is 0.0559. The first-order chi connectivity index (χ1) is 9.67. The number of nitrogens with one attached hydrogen (secondary N) is 2. The Morgan fingerprint density at radius 3 is 2.48 bits per heavy atom. The normalized spacial score (nSPS) is 15.8. The predicted molar refractivity (Wildman–Crippen MR) is 78.0 cm³/mol. The Balaban J connectivity index is 2.36. The lowest BCUT2D eigenvalue weighted by atomic mass is 10.0. The van der Waals surface area contributed by atoms with E-state index in [-0.39, 0.29) is 16.3 Å². The van der Waals surface area contributed by atoms with Crippen molar-refractivity contribution in [2.24, 2.45) is 11.8 Å². The van der Waals surface area contributed by atoms with Gasteiger partial charge >= 0.3 is 0 Å². The van der Waals surface area contributed by atoms with Crippen LogP contribution >= 0.6 is 0 Å². The van der Waals surface area contributed by atoms with E-state index in [1.165, 1.54) is 12.1 Å². The van der Waals surface area contributed by atoms with Crippen molar-refractivity contribution in [3.63, 3.8) is 0 Å². The van der Waals surface area contributed by atoms with Crippen LogP contribution in [0.5, 0.6) is 0 Å². The molecule has 0 aliphatic heterocycles. The molecule has 0 atom stereocenters. The number of hydrogen-bond donors (Lipinski definition) is 3. The molecule has 1 aromatic rings. The molecule has 0 unspecified atom stereocenters. The SMILES string of the molecule is CC(C)(NS(=O)(=O)c1ccc(NN)c([N+](=O)[O-])c1)C1CC1. The fourth-order valence-corrected chi connectivity index (χ4v) is 3.74. The quantitative estimate of drug-likeness (QED) is 0.413. The summed E-state index contributed by atoms with van der Waals surface area (Å²) in [5.74, 6) is 5.48. The summed E-state index contributed by atoms with van der Waals surface area (Å²) < 4.78 is 27.4. The van der Waals surface area contributed by atoms with E-state index in [4.69, 9.17) is 5.84 Å². The molecule has 8 nitrogen and oxygen atoms in total. The Labute approximate surface area is 122 Å². The second kappa shape index (κ2) is 5.24. The van der Waals surface area contributed by atoms with E-state index in [2.05, 4.69) is 10.1 Å². The second-order valence-electron chi connectivity index (χ2n) is 5.68. The average Bonchev–Trinajstić information content (AvgIpc) is 3.21. The molecule has 0 amide bonds. The molecular weight excluding hydrogens is 296 g/mol. The molecule has 116 valence electrons. The van der Waals surface area contributed by atoms with Crippen molar-refractivity contribution in [3.8, 4) is 0 Å². The third-order valence-electron chi connectivity index (χ3n) is 3.63. The van der Waals surface area contributed by atoms with Gasteiger partial charge in [-0.05, 0) is 44.7 Å². The molecule has 0 radical (unpaired) electrons. The molecule has 0 spiro atoms. The first kappa shape index (κ1) is 15.7. The number of hydrazine groups is 1. The second-order valence-corrected chi connectivity index (χ2v) is 7.36. The van der Waals surface area contributed by atoms with Crippen LogP contribution in [0, 0.1) is 16.0 Å². The van der Waals surface area contributed by atoms with Gasteiger partial charge in [0.2, 0.25) is 10.0 Å². The highest BCUT2D eigenvalue weighted by Gasteiger charge is 2.40. The molecule has 0 bridgehead atoms. The Bertz CT molecular complexity index is 668. The van der Waals surface area contributed by atoms with E-state index >= 15 is 0 Å². The van der Waals surface area contributed by atoms with Gasteiger partial charge in [0.1, 0.15) is 5.69 Å². The number of nitrogens with zero attached hydrogens (tertiary/aromatic N) is 1. The van der Waals surface area contributed by atoms with E-state index in [0.717, 1.165) is 18.9 Å². The van der Waals surface area contributed by atoms with Crippen LogP contribution < -0.4 is 16.0 Å². The molecule has 1 aliphatic rings. The molecule has 1 saturated carbocycles. The van der Waals surface area contributed by atoms with Crippen LogP contribution in [0.4, 0.5) is 11.4 Å². The van der Waals surface area contributed by atoms with Crippen LogP contribution in [-0.2, 0) is 10.0 Å². The summed E-state index contributed by atoms with van der Waals surface area (Å²) in [5, 5.41) is 11.0. The molecule has 1 aromatic carbocycles. The predicted octanol–water partition coefficient (Wildman–Crippen LogP) is 1.35. The highest BCUT2D eigenvalue weighted by Crippen LogP contribution is 2.40. The zero-order valence-corrected chi connectivity index (χ0v) is 12.6. The van der Waals surface area contributed by atoms with Crippen LogP contribution in [0.3, 0.4) is 0 Å². The zero-order valence-electron chi connectivity index (χ0n) is 11.8. The topological polar surface area (TPSA) is 127 Å². The first-order valence-corrected chi connectivity index (χ1v) is 7.95. The van der Waals surface area contributed by atoms with Crippen molar-refractivity contribution in [1.82, 2.24) is 4.72 Å². The molecule has 0 heterocycles. The lowest BCUT2D eigenvalue weighted by Crippen LogP contribution is -2.45. The summed E-state index contributed by atoms with van der Waals surface area (Å²) in [4.78, 5) is 10.1. The molecule has 1 aliphatic carbocycles. The molecular formula is C12H18N4O4S. The third-order valence-corrected chi connectivity index (χ3v) is 5.30. The van der Waals surface area contributed by atoms with E-state index in [9.17, 15) is 18.5 Å². The lowest BCUT2D eigenvalue weighted by molar-refractivity contribution is -0.384. The number of benzene rings is 1. The maximum absolute atomic E-state index is 12.4. The van der Waals surface area contributed by atoms with Gasteiger partial charge in [0, 0.05) is 11.6 Å². The molecule has 21 heavy (non-hydrogen) atoms. The Morgan fingerprint density at radius 2 is 2.00 bits per heavy atom. The number of sulfonamides is 1. The van der Waals surface area contributed by atoms with Gasteiger partial charge in [0.25, 0.3) is 5.69 Å². The Kier molecular flexibility index (Phi) is 3.91. The Hall–Kier alpha value is -1.71. The van der Waals surface area contributed by atoms with Crippen LogP contribution in [0.1, 0.15) is 26.7 Å². The number of anilines is 1. The fourth-order valence-electron chi connectivity index (χ4n) is 2.25. The number of nitro groups is 1. The lowest BCUT2D eigenvalue weighted by Gasteiger charge is -2.25. The van der Waals surface area contributed by atoms with Crippen LogP contribution in [0.25, 0.3) is 0 Å². The third kappa shape index (κ3) is 3.31. The van der Waals surface area contributed by atoms with Crippen LogP contribution in [0.15, 0.2) is 23.1 Å². The van der Waals surface area contributed by atoms with Crippen molar-refractivity contribution in [3.05, 3.63) is 28.3 Å². The van der Waals surface area contributed by atoms with Crippen LogP contribution in [-0.4, -0.2) is 18.9 Å². The fraction of sp³-hybridized carbons (Fsp3) is 0.500. The van der Waals surface area contributed by atoms with E-state index in [1.807, 2.05) is 13.8 Å². The molecule has 2 rings (SSSR count). The van der Waals surface area contributed by atoms with Crippen molar-refractivity contribution in [2.45, 2.75) is 37.1 Å². The van der Waals surface area contributed by atoms with Gasteiger partial charge < -0.3 is 5.43 Å². The largest absolute Gasteiger partial charge is 0.318 e. The Morgan fingerprint density at radius 1 is 1.38 bits per heavy atom. The number of nitrogen functional groups attached to an aromatic ring is 1. The average molecular weight is 314 g/mol. The van der Waals surface area contributed by atoms with Crippen molar-refractivity contribution >= 4 is 21.4 Å². The van der Waals surface area contributed by atoms with E-state index in [1.54, 1.807) is 0 Å². The summed E-state index contributed by atoms with van der Waals surface area (Å²) in [7, 11) is -3.83. The van der Waals surface area contributed by atoms with Gasteiger partial charge in [-0.1, -0.05) is 0 Å². The number of rotatable bonds is 6. The summed E-state index contributed by atoms with van der Waals surface area (Å²) in [5.41, 5.74) is 1.28. The highest BCUT2D eigenvalue weighted by atomic mass is 32.2. The standard InChI is InChI=1S/C12H18N4O4S/c1-12(2,8-3-4-8)15-21(19,20)9-5-6-10(14-13)11(7-9)16(17)18/h5-8,14-15H,3-4,13H2,1-2H3. The van der Waals surface area contributed by atoms with Gasteiger partial charge in [-0.15, -0.1) is 0 Å². The monoisotopic (exact) mass is 314 g/mol. The maximum Gasteiger partial charge on any atom is 0.294 e. The molecule has 0 saturated heterocycles. The van der Waals surface area contributed by atoms with E-state index in [0.29, 0.717) is 5.92 Å². The van der Waals surface area contributed by atoms with Gasteiger partial charge in [-0.2, -0.15) is 0 Å². The van der Waals surface area contributed by atoms with Gasteiger partial charge in [0.15, 0.2) is 0 Å². The molecule has 0 aromatic heterocycles. The van der Waals surface area contributed by atoms with Crippen molar-refractivity contribution < 1.29 is 13.3 Å². The number of nitro benzene ring substituents is 1. The number of nitrogens with two attached hydrogens (primary N) is 1. The van der Waals surface area contributed by atoms with Crippen molar-refractivity contribution in [2.75, 3.05) is 5.43 Å². The summed E-state index contributed by atoms with van der Waals surface area (Å²) in [6, 6.07) is 3.56. The van der Waals surface area contributed by atoms with E-state index < -0.39 is 20.5 Å². The minimum Gasteiger partial charge on any atom is -0.318 e. The van der Waals surface area contributed by atoms with Crippen molar-refractivity contribution in [1.29, 1.82) is 0 Å².